The van der Waals surface area contributed by atoms with Crippen LogP contribution in [0.5, 0.6) is 17.2 Å². The van der Waals surface area contributed by atoms with Gasteiger partial charge in [-0.3, -0.25) is 62.5 Å². The molecule has 17 rings (SSSR count). The van der Waals surface area contributed by atoms with Gasteiger partial charge >= 0.3 is 54.1 Å². The Morgan fingerprint density at radius 2 is 0.900 bits per heavy atom. The second-order valence-corrected chi connectivity index (χ2v) is 36.7. The fourth-order valence-electron chi connectivity index (χ4n) is 22.0. The second-order valence-electron chi connectivity index (χ2n) is 36.7. The van der Waals surface area contributed by atoms with Gasteiger partial charge in [0, 0.05) is 78.2 Å². The van der Waals surface area contributed by atoms with Crippen molar-refractivity contribution in [2.45, 2.75) is 263 Å². The number of nitrogens with two attached hydrogens (primary N) is 2. The van der Waals surface area contributed by atoms with Gasteiger partial charge in [0.25, 0.3) is 5.91 Å². The predicted molar refractivity (Wildman–Crippen MR) is 480 cm³/mol. The highest BCUT2D eigenvalue weighted by Gasteiger charge is 2.77. The first-order valence-electron chi connectivity index (χ1n) is 45.4. The molecule has 12 N–H and O–H groups in total. The number of ether oxygens (including phenoxy) is 9. The Morgan fingerprint density at radius 3 is 1.35 bits per heavy atom. The van der Waals surface area contributed by atoms with Crippen LogP contribution in [0.25, 0.3) is 0 Å². The number of halogens is 6. The molecule has 0 unspecified atom stereocenters. The third-order valence-electron chi connectivity index (χ3n) is 28.6. The molecule has 6 heterocycles. The molecule has 756 valence electrons. The summed E-state index contributed by atoms with van der Waals surface area (Å²) in [4.78, 5) is 161. The first-order chi connectivity index (χ1) is 65.8. The van der Waals surface area contributed by atoms with Gasteiger partial charge in [-0.1, -0.05) is 104 Å². The van der Waals surface area contributed by atoms with Gasteiger partial charge in [0.05, 0.1) is 97.8 Å². The summed E-state index contributed by atoms with van der Waals surface area (Å²) in [6.07, 6.45) is -8.31. The average Bonchev–Trinajstić information content (AvgIpc) is 1.48. The van der Waals surface area contributed by atoms with Gasteiger partial charge in [0.1, 0.15) is 63.3 Å². The number of nitrogens with one attached hydrogen (secondary N) is 2. The smallest absolute Gasteiger partial charge is 0.446 e. The Bertz CT molecular complexity index is 5690. The average molecular weight is 1970 g/mol. The van der Waals surface area contributed by atoms with Crippen LogP contribution in [0.1, 0.15) is 185 Å². The Morgan fingerprint density at radius 1 is 0.507 bits per heavy atom. The number of aldehydes is 2. The van der Waals surface area contributed by atoms with E-state index < -0.39 is 155 Å². The number of hydrogen-bond acceptors (Lipinski definition) is 32. The molecule has 6 aliphatic heterocycles. The van der Waals surface area contributed by atoms with E-state index in [1.54, 1.807) is 54.6 Å². The number of carboxylic acid groups (broad SMARTS) is 1. The van der Waals surface area contributed by atoms with Crippen molar-refractivity contribution in [1.82, 2.24) is 25.3 Å². The summed E-state index contributed by atoms with van der Waals surface area (Å²) in [5.41, 5.74) is 14.0. The number of amides is 2. The monoisotopic (exact) mass is 1960 g/mol. The Balaban J connectivity index is 0.000000180. The number of carboxylic acids is 1. The van der Waals surface area contributed by atoms with Crippen LogP contribution in [0, 0.1) is 0 Å². The van der Waals surface area contributed by atoms with Crippen LogP contribution in [0.4, 0.5) is 26.3 Å². The van der Waals surface area contributed by atoms with E-state index >= 15 is 0 Å². The maximum atomic E-state index is 13.8. The van der Waals surface area contributed by atoms with Crippen molar-refractivity contribution in [3.8, 4) is 17.2 Å². The molecule has 17 atom stereocenters. The molecular weight excluding hydrogens is 1850 g/mol. The number of aliphatic hydroxyl groups excluding tert-OH is 4. The highest BCUT2D eigenvalue weighted by molar-refractivity contribution is 5.88. The van der Waals surface area contributed by atoms with E-state index in [2.05, 4.69) is 25.3 Å². The summed E-state index contributed by atoms with van der Waals surface area (Å²) >= 11 is 0. The minimum Gasteiger partial charge on any atom is -0.481 e. The lowest BCUT2D eigenvalue weighted by Gasteiger charge is -2.62. The molecule has 5 aromatic carbocycles. The van der Waals surface area contributed by atoms with Gasteiger partial charge < -0.3 is 105 Å². The number of aliphatic hydroxyl groups is 5. The number of likely N-dealkylation sites (tertiary alicyclic amines) is 3. The zero-order valence-electron chi connectivity index (χ0n) is 77.2. The zero-order chi connectivity index (χ0) is 101. The third kappa shape index (κ3) is 20.3. The van der Waals surface area contributed by atoms with Crippen LogP contribution in [0.3, 0.4) is 0 Å². The number of Topliss-reactive ketones (excluding diaryl/α,β-unsaturated/α-hetero) is 2. The number of likely N-dealkylation sites (N-methyl/N-ethyl adjacent to an activating group) is 3. The molecule has 0 aromatic heterocycles. The molecule has 6 aliphatic carbocycles. The van der Waals surface area contributed by atoms with Crippen molar-refractivity contribution >= 4 is 77.7 Å². The molecule has 2 amide bonds. The number of benzene rings is 5. The van der Waals surface area contributed by atoms with Gasteiger partial charge in [-0.15, -0.1) is 0 Å². The van der Waals surface area contributed by atoms with Gasteiger partial charge in [-0.05, 0) is 153 Å². The summed E-state index contributed by atoms with van der Waals surface area (Å²) in [7, 11) is 5.95. The summed E-state index contributed by atoms with van der Waals surface area (Å²) in [6, 6.07) is 26.3. The number of aliphatic carboxylic acids is 1. The van der Waals surface area contributed by atoms with Crippen molar-refractivity contribution in [1.29, 1.82) is 0 Å². The molecule has 0 saturated carbocycles. The molecule has 6 bridgehead atoms. The standard InChI is InChI=1S/C41H45N3O9.C27H33N3O9.C26H31NO8.2C2HF3O.CH4/c1-25(26-9-5-3-6-10-26)38(49)42-20-16-32(46)51-30-15-18-41(53-33(47)17-21-43-39(50)35(48)27-11-7-4-8-12-27)31-23-28-13-14-29(24-45)36-34(28)40(41,37(30)52-36)19-22-44(31)2;1-13(32)16(28)10-20(33)37-18-5-6-27(39-21(34)11-17(29)25(35)36)19-9-14-3-4-15(12-31)23-22(14)26(27,24(18)38-23)7-8-30(19)2;1-14(29)4-7-20(30)33-15(2)24(31)34-18-8-9-26(32)19-12-16-5-6-17(13-28)22-21(16)25(26,23(18)35-22)10-11-27(19)3;2*3-2(4,5)1-6;/h3-15,25,31,35,37,45,48H,16-24H2,1-2H3,(H,42,49)(H,43,50);3-5,16-17,19,24,31H,6-12,28-29H2,1-2H3,(H,35,36);5-6,8,15,19,23,28,32H,4,7,9-13H2,1-3H3;2*1H;1H4/t25-,31+,35-,37-,40-,41+;16-,17-,19+,24-,26-,27+;15-,19+,23-,25-,26+;;;/m000.../s1. The van der Waals surface area contributed by atoms with Crippen LogP contribution in [-0.2, 0) is 146 Å². The molecule has 3 saturated heterocycles. The first kappa shape index (κ1) is 107. The van der Waals surface area contributed by atoms with Gasteiger partial charge in [0.15, 0.2) is 30.5 Å². The zero-order valence-corrected chi connectivity index (χ0v) is 77.2. The number of esters is 6. The summed E-state index contributed by atoms with van der Waals surface area (Å²) in [5, 5.41) is 67.8. The number of ketones is 2. The largest absolute Gasteiger partial charge is 0.481 e. The van der Waals surface area contributed by atoms with E-state index in [1.165, 1.54) is 20.8 Å². The molecule has 5 aromatic rings. The lowest BCUT2D eigenvalue weighted by molar-refractivity contribution is -0.207. The number of alkyl halides is 6. The molecule has 0 radical (unpaired) electrons. The number of rotatable bonds is 29. The van der Waals surface area contributed by atoms with Crippen LogP contribution in [-0.4, -0.2) is 261 Å². The number of piperidine rings is 3. The predicted octanol–water partition coefficient (Wildman–Crippen LogP) is 6.19. The van der Waals surface area contributed by atoms with Crippen molar-refractivity contribution < 1.29 is 162 Å². The number of nitrogens with zero attached hydrogens (tertiary/aromatic N) is 3. The summed E-state index contributed by atoms with van der Waals surface area (Å²) in [5.74, 6) is -4.56. The lowest BCUT2D eigenvalue weighted by Crippen LogP contribution is -2.75. The SMILES string of the molecule is C.CC(=O)CCC(=O)O[C@@H](C)C(=O)OC1=CC[C@@]2(O)[C@H]3Cc4ccc(CO)c5c4[C@@]2(CCN3C)[C@H]1O5.CC(=O)[C@@H](N)CC(=O)OC1=CC[C@@]2(OC(=O)C[C@H](N)C(=O)O)[C@H]3Cc4ccc(CO)c5c4[C@@]2(CCN3C)[C@H]1O5.C[C@H](C(=O)NCCC(=O)OC1=CC[C@@]2(OC(=O)CCNC(=O)[C@@H](O)c3ccccc3)[C@H]3Cc4ccc(CO)c5c4[C@@]2(CCN3C)[C@H]1O5)c1ccccc1.O=CC(F)(F)F.O=CC(F)(F)F. The molecule has 140 heavy (non-hydrogen) atoms. The fraction of sp³-hybridized carbons (Fsp3) is 0.505. The lowest BCUT2D eigenvalue weighted by atomic mass is 9.50. The molecular formula is C99H115F6N7O28. The molecule has 3 fully saturated rings. The summed E-state index contributed by atoms with van der Waals surface area (Å²) < 4.78 is 118. The topological polar surface area (TPSA) is 512 Å². The minimum absolute atomic E-state index is 0. The van der Waals surface area contributed by atoms with E-state index in [4.69, 9.17) is 63.7 Å². The van der Waals surface area contributed by atoms with Crippen LogP contribution in [0.2, 0.25) is 0 Å². The maximum absolute atomic E-state index is 13.8. The number of carbonyl (C=O) groups excluding carboxylic acids is 12. The fourth-order valence-corrected chi connectivity index (χ4v) is 22.0. The minimum atomic E-state index is -4.64. The first-order valence-corrected chi connectivity index (χ1v) is 45.4. The van der Waals surface area contributed by atoms with E-state index in [-0.39, 0.29) is 145 Å². The van der Waals surface area contributed by atoms with Crippen molar-refractivity contribution in [2.75, 3.05) is 53.9 Å². The second kappa shape index (κ2) is 42.7. The van der Waals surface area contributed by atoms with E-state index in [1.807, 2.05) is 88.7 Å². The van der Waals surface area contributed by atoms with Gasteiger partial charge in [-0.25, -0.2) is 4.79 Å². The number of carbonyl (C=O) groups is 13. The van der Waals surface area contributed by atoms with Crippen LogP contribution in [0.15, 0.2) is 133 Å². The number of hydrogen-bond donors (Lipinski definition) is 10. The Labute approximate surface area is 801 Å². The van der Waals surface area contributed by atoms with Gasteiger partial charge in [0.2, 0.25) is 18.5 Å². The Hall–Kier alpha value is -12.2. The summed E-state index contributed by atoms with van der Waals surface area (Å²) in [6.45, 7) is 7.21. The normalized spacial score (nSPS) is 26.4. The molecule has 3 spiro atoms. The quantitative estimate of drug-likeness (QED) is 0.0110. The Kier molecular flexibility index (Phi) is 32.5. The molecule has 35 nitrogen and oxygen atoms in total. The van der Waals surface area contributed by atoms with Crippen molar-refractivity contribution in [2.24, 2.45) is 11.5 Å². The van der Waals surface area contributed by atoms with E-state index in [0.717, 1.165) is 45.5 Å². The van der Waals surface area contributed by atoms with Crippen molar-refractivity contribution in [3.05, 3.63) is 194 Å². The van der Waals surface area contributed by atoms with E-state index in [9.17, 15) is 110 Å². The highest BCUT2D eigenvalue weighted by atomic mass is 19.4. The third-order valence-corrected chi connectivity index (χ3v) is 28.6. The van der Waals surface area contributed by atoms with Crippen molar-refractivity contribution in [3.63, 3.8) is 0 Å². The maximum Gasteiger partial charge on any atom is 0.446 e. The highest BCUT2D eigenvalue weighted by Crippen LogP contribution is 2.69. The molecule has 12 aliphatic rings. The van der Waals surface area contributed by atoms with Crippen LogP contribution >= 0.6 is 0 Å². The van der Waals surface area contributed by atoms with Gasteiger partial charge in [-0.2, -0.15) is 26.3 Å². The molecule has 41 heteroatoms. The van der Waals surface area contributed by atoms with Crippen LogP contribution < -0.4 is 36.3 Å². The van der Waals surface area contributed by atoms with E-state index in [0.29, 0.717) is 96.9 Å².